The van der Waals surface area contributed by atoms with Crippen molar-refractivity contribution >= 4 is 0 Å². The summed E-state index contributed by atoms with van der Waals surface area (Å²) in [5.41, 5.74) is 0. The number of rotatable bonds is 0. The van der Waals surface area contributed by atoms with Gasteiger partial charge in [-0.25, -0.2) is 0 Å². The van der Waals surface area contributed by atoms with E-state index in [1.54, 1.807) is 6.92 Å². The third kappa shape index (κ3) is 59.7. The summed E-state index contributed by atoms with van der Waals surface area (Å²) in [5.74, 6) is 0. The van der Waals surface area contributed by atoms with E-state index in [1.807, 2.05) is 0 Å². The molecule has 0 rings (SSSR count). The van der Waals surface area contributed by atoms with Crippen molar-refractivity contribution in [3.63, 3.8) is 0 Å². The van der Waals surface area contributed by atoms with E-state index < -0.39 is 0 Å². The summed E-state index contributed by atoms with van der Waals surface area (Å²) < 4.78 is 0. The van der Waals surface area contributed by atoms with E-state index in [4.69, 9.17) is 5.11 Å². The number of hydrogen-bond acceptors (Lipinski definition) is 1. The maximum atomic E-state index is 7.57. The van der Waals surface area contributed by atoms with Gasteiger partial charge in [-0.1, -0.05) is 0 Å². The maximum Gasteiger partial charge on any atom is 0.0402 e. The fourth-order valence-corrected chi connectivity index (χ4v) is 0. The van der Waals surface area contributed by atoms with Crippen molar-refractivity contribution in [1.29, 1.82) is 0 Å². The summed E-state index contributed by atoms with van der Waals surface area (Å²) in [6.45, 7) is 1.93. The van der Waals surface area contributed by atoms with E-state index in [0.29, 0.717) is 0 Å². The molecule has 0 amide bonds. The van der Waals surface area contributed by atoms with Crippen LogP contribution < -0.4 is 0 Å². The van der Waals surface area contributed by atoms with E-state index in [2.05, 4.69) is 0 Å². The van der Waals surface area contributed by atoms with Crippen LogP contribution in [0, 0.1) is 0 Å². The third-order valence-electron chi connectivity index (χ3n) is 0. The second kappa shape index (κ2) is 21.5. The summed E-state index contributed by atoms with van der Waals surface area (Å²) in [6, 6.07) is 0. The van der Waals surface area contributed by atoms with Crippen molar-refractivity contribution in [1.82, 2.24) is 0 Å². The zero-order chi connectivity index (χ0) is 2.71. The fraction of sp³-hybridized carbons (Fsp3) is 1.00. The minimum absolute atomic E-state index is 0. The predicted octanol–water partition coefficient (Wildman–Crippen LogP) is -0.829. The molecule has 32 valence electrons. The van der Waals surface area contributed by atoms with Crippen LogP contribution in [-0.2, 0) is 25.8 Å². The van der Waals surface area contributed by atoms with Crippen LogP contribution in [0.3, 0.4) is 0 Å². The smallest absolute Gasteiger partial charge is 0.0402 e. The second-order valence-corrected chi connectivity index (χ2v) is 0.316. The van der Waals surface area contributed by atoms with Crippen LogP contribution in [0.4, 0.5) is 0 Å². The van der Waals surface area contributed by atoms with Gasteiger partial charge in [-0.15, -0.1) is 0 Å². The average molecular weight is 243 g/mol. The normalized spacial score (nSPS) is 3.60. The molecule has 0 saturated heterocycles. The molecule has 0 radical (unpaired) electrons. The predicted molar refractivity (Wildman–Crippen MR) is 16.4 cm³/mol. The molecular formula is C2H8HfO2. The van der Waals surface area contributed by atoms with Gasteiger partial charge in [0.2, 0.25) is 0 Å². The molecule has 0 aliphatic carbocycles. The van der Waals surface area contributed by atoms with Gasteiger partial charge in [0.25, 0.3) is 0 Å². The monoisotopic (exact) mass is 244 g/mol. The molecule has 0 bridgehead atoms. The first-order valence-corrected chi connectivity index (χ1v) is 1.02. The molecule has 0 atom stereocenters. The van der Waals surface area contributed by atoms with E-state index in [9.17, 15) is 0 Å². The van der Waals surface area contributed by atoms with Crippen molar-refractivity contribution in [2.45, 2.75) is 6.92 Å². The third-order valence-corrected chi connectivity index (χ3v) is 0. The Labute approximate surface area is 50.3 Å². The van der Waals surface area contributed by atoms with Crippen molar-refractivity contribution in [2.75, 3.05) is 6.61 Å². The van der Waals surface area contributed by atoms with Crippen molar-refractivity contribution in [3.8, 4) is 0 Å². The summed E-state index contributed by atoms with van der Waals surface area (Å²) >= 11 is 0. The van der Waals surface area contributed by atoms with E-state index >= 15 is 0 Å². The Hall–Kier alpha value is 0.790. The van der Waals surface area contributed by atoms with Gasteiger partial charge in [0.15, 0.2) is 0 Å². The van der Waals surface area contributed by atoms with Crippen LogP contribution >= 0.6 is 0 Å². The first kappa shape index (κ1) is 17.1. The molecule has 3 heteroatoms. The SMILES string of the molecule is CCO.O.[Hf]. The van der Waals surface area contributed by atoms with Crippen molar-refractivity contribution in [3.05, 3.63) is 0 Å². The molecule has 2 nitrogen and oxygen atoms in total. The standard InChI is InChI=1S/C2H6O.Hf.H2O/c1-2-3;;/h3H,2H2,1H3;;1H2. The zero-order valence-electron chi connectivity index (χ0n) is 3.15. The molecule has 0 spiro atoms. The fourth-order valence-electron chi connectivity index (χ4n) is 0. The van der Waals surface area contributed by atoms with Gasteiger partial charge < -0.3 is 10.6 Å². The Kier molecular flexibility index (Phi) is 73.3. The van der Waals surface area contributed by atoms with Crippen molar-refractivity contribution < 1.29 is 36.4 Å². The molecular weight excluding hydrogens is 235 g/mol. The van der Waals surface area contributed by atoms with Crippen LogP contribution in [0.5, 0.6) is 0 Å². The molecule has 0 aromatic heterocycles. The van der Waals surface area contributed by atoms with Crippen LogP contribution in [-0.4, -0.2) is 17.2 Å². The van der Waals surface area contributed by atoms with Crippen molar-refractivity contribution in [2.24, 2.45) is 0 Å². The maximum absolute atomic E-state index is 7.57. The summed E-state index contributed by atoms with van der Waals surface area (Å²) in [4.78, 5) is 0. The van der Waals surface area contributed by atoms with Gasteiger partial charge in [0.05, 0.1) is 0 Å². The first-order chi connectivity index (χ1) is 1.41. The quantitative estimate of drug-likeness (QED) is 0.554. The molecule has 0 unspecified atom stereocenters. The van der Waals surface area contributed by atoms with Gasteiger partial charge in [0, 0.05) is 32.5 Å². The summed E-state index contributed by atoms with van der Waals surface area (Å²) in [5, 5.41) is 7.57. The molecule has 0 heterocycles. The van der Waals surface area contributed by atoms with Gasteiger partial charge in [-0.05, 0) is 6.92 Å². The van der Waals surface area contributed by atoms with Gasteiger partial charge in [-0.2, -0.15) is 0 Å². The van der Waals surface area contributed by atoms with Gasteiger partial charge in [-0.3, -0.25) is 0 Å². The molecule has 0 aromatic rings. The topological polar surface area (TPSA) is 51.7 Å². The Balaban J connectivity index is -0.0000000200. The molecule has 0 aliphatic heterocycles. The summed E-state index contributed by atoms with van der Waals surface area (Å²) in [7, 11) is 0. The molecule has 5 heavy (non-hydrogen) atoms. The number of hydrogen-bond donors (Lipinski definition) is 1. The van der Waals surface area contributed by atoms with Crippen LogP contribution in [0.25, 0.3) is 0 Å². The van der Waals surface area contributed by atoms with E-state index in [1.165, 1.54) is 0 Å². The average Bonchev–Trinajstić information content (AvgIpc) is 0.918. The van der Waals surface area contributed by atoms with Crippen LogP contribution in [0.2, 0.25) is 0 Å². The Morgan fingerprint density at radius 1 is 1.60 bits per heavy atom. The van der Waals surface area contributed by atoms with Gasteiger partial charge >= 0.3 is 0 Å². The number of aliphatic hydroxyl groups is 1. The Morgan fingerprint density at radius 2 is 1.60 bits per heavy atom. The summed E-state index contributed by atoms with van der Waals surface area (Å²) in [6.07, 6.45) is 0. The van der Waals surface area contributed by atoms with Gasteiger partial charge in [0.1, 0.15) is 0 Å². The zero-order valence-corrected chi connectivity index (χ0v) is 6.75. The van der Waals surface area contributed by atoms with E-state index in [-0.39, 0.29) is 37.9 Å². The Morgan fingerprint density at radius 3 is 1.60 bits per heavy atom. The molecule has 0 aromatic carbocycles. The van der Waals surface area contributed by atoms with Crippen LogP contribution in [0.1, 0.15) is 6.92 Å². The molecule has 0 aliphatic rings. The number of aliphatic hydroxyl groups excluding tert-OH is 1. The van der Waals surface area contributed by atoms with E-state index in [0.717, 1.165) is 0 Å². The molecule has 0 fully saturated rings. The molecule has 3 N–H and O–H groups in total. The Bertz CT molecular complexity index is 7.61. The molecule has 0 saturated carbocycles. The minimum Gasteiger partial charge on any atom is -0.412 e. The van der Waals surface area contributed by atoms with Crippen LogP contribution in [0.15, 0.2) is 0 Å². The second-order valence-electron chi connectivity index (χ2n) is 0.316. The first-order valence-electron chi connectivity index (χ1n) is 1.02. The largest absolute Gasteiger partial charge is 0.412 e. The minimum atomic E-state index is 0.